The maximum absolute atomic E-state index is 11.0. The zero-order valence-corrected chi connectivity index (χ0v) is 17.9. The van der Waals surface area contributed by atoms with E-state index in [0.29, 0.717) is 5.75 Å². The minimum atomic E-state index is 0.219. The molecule has 0 atom stereocenters. The Morgan fingerprint density at radius 3 is 1.41 bits per heavy atom. The van der Waals surface area contributed by atoms with Crippen molar-refractivity contribution in [3.05, 3.63) is 28.8 Å². The minimum Gasteiger partial charge on any atom is -0.507 e. The summed E-state index contributed by atoms with van der Waals surface area (Å²) in [7, 11) is 0. The lowest BCUT2D eigenvalue weighted by molar-refractivity contribution is 0.106. The normalized spacial score (nSPS) is 20.4. The lowest BCUT2D eigenvalue weighted by atomic mass is 10.0. The highest BCUT2D eigenvalue weighted by Crippen LogP contribution is 2.28. The summed E-state index contributed by atoms with van der Waals surface area (Å²) in [6, 6.07) is 4.33. The molecule has 3 rings (SSSR count). The van der Waals surface area contributed by atoms with Gasteiger partial charge in [0.1, 0.15) is 5.75 Å². The van der Waals surface area contributed by atoms with Gasteiger partial charge in [0.15, 0.2) is 0 Å². The van der Waals surface area contributed by atoms with E-state index in [1.54, 1.807) is 0 Å². The maximum Gasteiger partial charge on any atom is 0.124 e. The van der Waals surface area contributed by atoms with Gasteiger partial charge in [-0.15, -0.1) is 0 Å². The Labute approximate surface area is 175 Å². The summed E-state index contributed by atoms with van der Waals surface area (Å²) >= 11 is 0. The zero-order chi connectivity index (χ0) is 20.6. The van der Waals surface area contributed by atoms with Crippen molar-refractivity contribution in [2.45, 2.75) is 26.4 Å². The van der Waals surface area contributed by atoms with E-state index in [2.05, 4.69) is 38.7 Å². The number of benzene rings is 1. The highest BCUT2D eigenvalue weighted by Gasteiger charge is 2.21. The van der Waals surface area contributed by atoms with Crippen LogP contribution in [0.1, 0.15) is 23.6 Å². The van der Waals surface area contributed by atoms with E-state index in [-0.39, 0.29) is 13.2 Å². The van der Waals surface area contributed by atoms with Crippen molar-refractivity contribution in [3.8, 4) is 5.75 Å². The van der Waals surface area contributed by atoms with Gasteiger partial charge in [0, 0.05) is 89.7 Å². The summed E-state index contributed by atoms with van der Waals surface area (Å²) in [4.78, 5) is 9.39. The number of hydrogen-bond acceptors (Lipinski definition) is 7. The predicted octanol–water partition coefficient (Wildman–Crippen LogP) is 0.174. The molecule has 0 unspecified atom stereocenters. The molecule has 0 amide bonds. The van der Waals surface area contributed by atoms with Gasteiger partial charge in [0.2, 0.25) is 0 Å². The highest BCUT2D eigenvalue weighted by atomic mass is 16.3. The molecule has 0 aromatic heterocycles. The molecule has 0 aliphatic carbocycles. The molecule has 0 saturated carbocycles. The molecule has 29 heavy (non-hydrogen) atoms. The average Bonchev–Trinajstić information content (AvgIpc) is 2.74. The molecule has 2 fully saturated rings. The number of phenolic OH excluding ortho intramolecular Hbond substituents is 1. The number of phenols is 1. The van der Waals surface area contributed by atoms with Crippen molar-refractivity contribution >= 4 is 0 Å². The van der Waals surface area contributed by atoms with E-state index in [4.69, 9.17) is 10.2 Å². The highest BCUT2D eigenvalue weighted by molar-refractivity contribution is 5.44. The number of aromatic hydroxyl groups is 1. The van der Waals surface area contributed by atoms with E-state index < -0.39 is 0 Å². The second-order valence-electron chi connectivity index (χ2n) is 8.30. The van der Waals surface area contributed by atoms with Crippen LogP contribution in [0.2, 0.25) is 0 Å². The van der Waals surface area contributed by atoms with E-state index >= 15 is 0 Å². The molecule has 0 spiro atoms. The Morgan fingerprint density at radius 2 is 1.07 bits per heavy atom. The second kappa shape index (κ2) is 11.2. The van der Waals surface area contributed by atoms with Crippen LogP contribution in [0, 0.1) is 0 Å². The first-order valence-electron chi connectivity index (χ1n) is 11.1. The van der Waals surface area contributed by atoms with Crippen LogP contribution in [0.3, 0.4) is 0 Å². The summed E-state index contributed by atoms with van der Waals surface area (Å²) in [6.45, 7) is 13.4. The van der Waals surface area contributed by atoms with Gasteiger partial charge < -0.3 is 15.3 Å². The minimum absolute atomic E-state index is 0.219. The van der Waals surface area contributed by atoms with Crippen LogP contribution in [0.15, 0.2) is 12.1 Å². The first-order valence-corrected chi connectivity index (χ1v) is 11.1. The average molecular weight is 407 g/mol. The Hall–Kier alpha value is -1.22. The van der Waals surface area contributed by atoms with E-state index in [0.717, 1.165) is 96.1 Å². The van der Waals surface area contributed by atoms with Crippen LogP contribution < -0.4 is 0 Å². The van der Waals surface area contributed by atoms with Gasteiger partial charge >= 0.3 is 0 Å². The summed E-state index contributed by atoms with van der Waals surface area (Å²) in [5.41, 5.74) is 3.35. The summed E-state index contributed by atoms with van der Waals surface area (Å²) in [5, 5.41) is 29.2. The number of aliphatic hydroxyl groups is 2. The van der Waals surface area contributed by atoms with Crippen LogP contribution >= 0.6 is 0 Å². The first-order chi connectivity index (χ1) is 14.1. The van der Waals surface area contributed by atoms with Gasteiger partial charge in [-0.05, 0) is 12.0 Å². The fourth-order valence-electron chi connectivity index (χ4n) is 4.38. The standard InChI is InChI=1S/C22H38N4O3/c1-2-19-15-20(17-25-7-3-23(4-8-25)11-13-27)22(29)21(16-19)18-26-9-5-24(6-10-26)12-14-28/h15-16,27-29H,2-14,17-18H2,1H3. The number of rotatable bonds is 9. The van der Waals surface area contributed by atoms with Gasteiger partial charge in [0.05, 0.1) is 13.2 Å². The van der Waals surface area contributed by atoms with Crippen molar-refractivity contribution in [3.63, 3.8) is 0 Å². The van der Waals surface area contributed by atoms with E-state index in [9.17, 15) is 5.11 Å². The molecule has 0 radical (unpaired) electrons. The lowest BCUT2D eigenvalue weighted by Gasteiger charge is -2.35. The van der Waals surface area contributed by atoms with Crippen molar-refractivity contribution < 1.29 is 15.3 Å². The SMILES string of the molecule is CCc1cc(CN2CCN(CCO)CC2)c(O)c(CN2CCN(CCO)CC2)c1. The molecule has 7 nitrogen and oxygen atoms in total. The molecule has 1 aromatic carbocycles. The van der Waals surface area contributed by atoms with Crippen molar-refractivity contribution in [1.29, 1.82) is 0 Å². The van der Waals surface area contributed by atoms with Crippen LogP contribution in [-0.2, 0) is 19.5 Å². The predicted molar refractivity (Wildman–Crippen MR) is 115 cm³/mol. The smallest absolute Gasteiger partial charge is 0.124 e. The van der Waals surface area contributed by atoms with Crippen LogP contribution in [0.5, 0.6) is 5.75 Å². The molecule has 2 aliphatic heterocycles. The van der Waals surface area contributed by atoms with Gasteiger partial charge in [-0.2, -0.15) is 0 Å². The lowest BCUT2D eigenvalue weighted by Crippen LogP contribution is -2.47. The van der Waals surface area contributed by atoms with E-state index in [1.807, 2.05) is 0 Å². The van der Waals surface area contributed by atoms with Crippen LogP contribution in [0.4, 0.5) is 0 Å². The number of aliphatic hydroxyl groups excluding tert-OH is 2. The number of aryl methyl sites for hydroxylation is 1. The monoisotopic (exact) mass is 406 g/mol. The van der Waals surface area contributed by atoms with Crippen molar-refractivity contribution in [2.75, 3.05) is 78.7 Å². The molecule has 2 heterocycles. The summed E-state index contributed by atoms with van der Waals surface area (Å²) in [6.07, 6.45) is 0.967. The van der Waals surface area contributed by atoms with Gasteiger partial charge in [0.25, 0.3) is 0 Å². The number of nitrogens with zero attached hydrogens (tertiary/aromatic N) is 4. The zero-order valence-electron chi connectivity index (χ0n) is 17.9. The summed E-state index contributed by atoms with van der Waals surface area (Å²) in [5.74, 6) is 0.456. The molecule has 164 valence electrons. The Bertz CT molecular complexity index is 577. The number of β-amino-alcohol motifs (C(OH)–C–C–N with tert-alkyl or cyclic N) is 2. The Kier molecular flexibility index (Phi) is 8.71. The first kappa shape index (κ1) is 22.5. The molecule has 1 aromatic rings. The van der Waals surface area contributed by atoms with Crippen molar-refractivity contribution in [1.82, 2.24) is 19.6 Å². The molecule has 0 bridgehead atoms. The van der Waals surface area contributed by atoms with Crippen LogP contribution in [-0.4, -0.2) is 114 Å². The third kappa shape index (κ3) is 6.38. The Balaban J connectivity index is 1.62. The Morgan fingerprint density at radius 1 is 0.690 bits per heavy atom. The number of hydrogen-bond donors (Lipinski definition) is 3. The molecular formula is C22H38N4O3. The van der Waals surface area contributed by atoms with Crippen LogP contribution in [0.25, 0.3) is 0 Å². The van der Waals surface area contributed by atoms with Gasteiger partial charge in [-0.3, -0.25) is 19.6 Å². The largest absolute Gasteiger partial charge is 0.507 e. The molecular weight excluding hydrogens is 368 g/mol. The third-order valence-electron chi connectivity index (χ3n) is 6.29. The molecule has 7 heteroatoms. The fraction of sp³-hybridized carbons (Fsp3) is 0.727. The maximum atomic E-state index is 11.0. The quantitative estimate of drug-likeness (QED) is 0.540. The van der Waals surface area contributed by atoms with E-state index in [1.165, 1.54) is 5.56 Å². The topological polar surface area (TPSA) is 73.7 Å². The van der Waals surface area contributed by atoms with Crippen molar-refractivity contribution in [2.24, 2.45) is 0 Å². The fourth-order valence-corrected chi connectivity index (χ4v) is 4.38. The molecule has 3 N–H and O–H groups in total. The molecule has 2 aliphatic rings. The van der Waals surface area contributed by atoms with Gasteiger partial charge in [-0.1, -0.05) is 19.1 Å². The molecule has 2 saturated heterocycles. The third-order valence-corrected chi connectivity index (χ3v) is 6.29. The van der Waals surface area contributed by atoms with Gasteiger partial charge in [-0.25, -0.2) is 0 Å². The summed E-state index contributed by atoms with van der Waals surface area (Å²) < 4.78 is 0. The number of piperazine rings is 2. The second-order valence-corrected chi connectivity index (χ2v) is 8.30.